The molecule has 1 aliphatic heterocycles. The van der Waals surface area contributed by atoms with Crippen LogP contribution in [-0.4, -0.2) is 55.5 Å². The van der Waals surface area contributed by atoms with Crippen molar-refractivity contribution in [1.82, 2.24) is 14.6 Å². The third kappa shape index (κ3) is 2.82. The fourth-order valence-electron chi connectivity index (χ4n) is 2.41. The van der Waals surface area contributed by atoms with Crippen molar-refractivity contribution in [2.75, 3.05) is 44.9 Å². The van der Waals surface area contributed by atoms with Gasteiger partial charge in [0.15, 0.2) is 5.82 Å². The van der Waals surface area contributed by atoms with E-state index in [0.29, 0.717) is 17.4 Å². The summed E-state index contributed by atoms with van der Waals surface area (Å²) < 4.78 is 4.13. The van der Waals surface area contributed by atoms with Gasteiger partial charge in [0.1, 0.15) is 10.6 Å². The molecule has 1 unspecified atom stereocenters. The summed E-state index contributed by atoms with van der Waals surface area (Å²) in [6.45, 7) is 1.87. The molecule has 1 saturated heterocycles. The Morgan fingerprint density at radius 1 is 1.58 bits per heavy atom. The molecule has 1 aliphatic rings. The Kier molecular flexibility index (Phi) is 4.26. The summed E-state index contributed by atoms with van der Waals surface area (Å²) >= 11 is 1.31. The Hall–Kier alpha value is -1.34. The Bertz CT molecular complexity index is 459. The third-order valence-corrected chi connectivity index (χ3v) is 4.49. The average Bonchev–Trinajstić information content (AvgIpc) is 2.80. The molecule has 0 aliphatic carbocycles. The van der Waals surface area contributed by atoms with Crippen molar-refractivity contribution in [1.29, 1.82) is 0 Å². The van der Waals surface area contributed by atoms with E-state index in [1.165, 1.54) is 18.0 Å². The van der Waals surface area contributed by atoms with Crippen molar-refractivity contribution in [2.24, 2.45) is 0 Å². The van der Waals surface area contributed by atoms with Gasteiger partial charge >= 0.3 is 0 Å². The number of carbonyl (C=O) groups excluding carboxylic acids is 1. The number of amides is 1. The first-order valence-corrected chi connectivity index (χ1v) is 7.20. The van der Waals surface area contributed by atoms with Gasteiger partial charge in [0.25, 0.3) is 5.91 Å². The van der Waals surface area contributed by atoms with Crippen LogP contribution in [0.25, 0.3) is 0 Å². The number of hydrogen-bond acceptors (Lipinski definition) is 6. The summed E-state index contributed by atoms with van der Waals surface area (Å²) in [4.78, 5) is 16.4. The lowest BCUT2D eigenvalue weighted by molar-refractivity contribution is 0.0964. The maximum absolute atomic E-state index is 11.9. The predicted octanol–water partition coefficient (Wildman–Crippen LogP) is 0.615. The number of nitrogens with zero attached hydrogens (tertiary/aromatic N) is 3. The van der Waals surface area contributed by atoms with Gasteiger partial charge in [0.2, 0.25) is 0 Å². The van der Waals surface area contributed by atoms with Crippen LogP contribution in [0.2, 0.25) is 0 Å². The van der Waals surface area contributed by atoms with Crippen molar-refractivity contribution in [3.63, 3.8) is 0 Å². The molecule has 7 heteroatoms. The van der Waals surface area contributed by atoms with Crippen LogP contribution < -0.4 is 16.0 Å². The van der Waals surface area contributed by atoms with Gasteiger partial charge < -0.3 is 20.9 Å². The molecule has 19 heavy (non-hydrogen) atoms. The average molecular weight is 283 g/mol. The second kappa shape index (κ2) is 5.75. The molecular weight excluding hydrogens is 262 g/mol. The second-order valence-corrected chi connectivity index (χ2v) is 5.78. The number of hydrogen-bond donors (Lipinski definition) is 2. The number of likely N-dealkylation sites (N-methyl/N-ethyl adjacent to an activating group) is 1. The van der Waals surface area contributed by atoms with Gasteiger partial charge in [0, 0.05) is 26.2 Å². The highest BCUT2D eigenvalue weighted by molar-refractivity contribution is 7.11. The second-order valence-electron chi connectivity index (χ2n) is 5.03. The molecule has 106 valence electrons. The number of nitrogens with two attached hydrogens (primary N) is 1. The molecule has 0 radical (unpaired) electrons. The summed E-state index contributed by atoms with van der Waals surface area (Å²) in [5, 5.41) is 3.52. The first kappa shape index (κ1) is 14.1. The van der Waals surface area contributed by atoms with Crippen molar-refractivity contribution in [3.05, 3.63) is 5.56 Å². The molecule has 0 aromatic carbocycles. The highest BCUT2D eigenvalue weighted by atomic mass is 32.1. The Morgan fingerprint density at radius 3 is 2.95 bits per heavy atom. The van der Waals surface area contributed by atoms with Crippen molar-refractivity contribution < 1.29 is 4.79 Å². The summed E-state index contributed by atoms with van der Waals surface area (Å²) in [5.74, 6) is 0.166. The molecule has 1 aromatic heterocycles. The Labute approximate surface area is 117 Å². The van der Waals surface area contributed by atoms with E-state index in [0.717, 1.165) is 24.5 Å². The maximum Gasteiger partial charge on any atom is 0.257 e. The normalized spacial score (nSPS) is 19.8. The quantitative estimate of drug-likeness (QED) is 0.850. The lowest BCUT2D eigenvalue weighted by Gasteiger charge is -2.36. The Morgan fingerprint density at radius 2 is 2.32 bits per heavy atom. The van der Waals surface area contributed by atoms with Crippen LogP contribution in [0.5, 0.6) is 0 Å². The lowest BCUT2D eigenvalue weighted by atomic mass is 10.0. The SMILES string of the molecule is CNC(=O)c1c(N)nsc1N1CCCC(N(C)C)C1. The van der Waals surface area contributed by atoms with E-state index in [1.54, 1.807) is 7.05 Å². The number of aromatic nitrogens is 1. The standard InChI is InChI=1S/C12H21N5OS/c1-14-11(18)9-10(13)15-19-12(9)17-6-4-5-8(7-17)16(2)3/h8H,4-7H2,1-3H3,(H2,13,15)(H,14,18). The summed E-state index contributed by atoms with van der Waals surface area (Å²) in [5.41, 5.74) is 6.34. The van der Waals surface area contributed by atoms with Gasteiger partial charge in [-0.1, -0.05) is 0 Å². The van der Waals surface area contributed by atoms with E-state index in [9.17, 15) is 4.79 Å². The lowest BCUT2D eigenvalue weighted by Crippen LogP contribution is -2.45. The van der Waals surface area contributed by atoms with E-state index in [2.05, 4.69) is 33.6 Å². The topological polar surface area (TPSA) is 74.5 Å². The molecule has 1 amide bonds. The molecule has 6 nitrogen and oxygen atoms in total. The van der Waals surface area contributed by atoms with Crippen LogP contribution in [0.3, 0.4) is 0 Å². The minimum Gasteiger partial charge on any atom is -0.382 e. The molecule has 3 N–H and O–H groups in total. The number of piperidine rings is 1. The van der Waals surface area contributed by atoms with Gasteiger partial charge in [-0.15, -0.1) is 0 Å². The van der Waals surface area contributed by atoms with E-state index in [4.69, 9.17) is 5.73 Å². The molecule has 1 fully saturated rings. The van der Waals surface area contributed by atoms with E-state index >= 15 is 0 Å². The summed E-state index contributed by atoms with van der Waals surface area (Å²) in [7, 11) is 5.80. The van der Waals surface area contributed by atoms with Crippen molar-refractivity contribution in [2.45, 2.75) is 18.9 Å². The molecule has 2 rings (SSSR count). The molecule has 1 aromatic rings. The van der Waals surface area contributed by atoms with Gasteiger partial charge in [-0.25, -0.2) is 0 Å². The zero-order valence-electron chi connectivity index (χ0n) is 11.6. The summed E-state index contributed by atoms with van der Waals surface area (Å²) in [6, 6.07) is 0.509. The fourth-order valence-corrected chi connectivity index (χ4v) is 3.25. The maximum atomic E-state index is 11.9. The van der Waals surface area contributed by atoms with Crippen LogP contribution in [0.1, 0.15) is 23.2 Å². The molecule has 2 heterocycles. The molecular formula is C12H21N5OS. The third-order valence-electron chi connectivity index (χ3n) is 3.57. The summed E-state index contributed by atoms with van der Waals surface area (Å²) in [6.07, 6.45) is 2.31. The minimum atomic E-state index is -0.159. The monoisotopic (exact) mass is 283 g/mol. The fraction of sp³-hybridized carbons (Fsp3) is 0.667. The van der Waals surface area contributed by atoms with Crippen molar-refractivity contribution >= 4 is 28.3 Å². The number of carbonyl (C=O) groups is 1. The molecule has 0 bridgehead atoms. The van der Waals surface area contributed by atoms with Gasteiger partial charge in [-0.2, -0.15) is 4.37 Å². The van der Waals surface area contributed by atoms with Crippen LogP contribution >= 0.6 is 11.5 Å². The first-order valence-electron chi connectivity index (χ1n) is 6.43. The molecule has 0 spiro atoms. The van der Waals surface area contributed by atoms with Gasteiger partial charge in [-0.3, -0.25) is 4.79 Å². The number of anilines is 2. The smallest absolute Gasteiger partial charge is 0.257 e. The van der Waals surface area contributed by atoms with Crippen LogP contribution in [0, 0.1) is 0 Å². The number of nitrogens with one attached hydrogen (secondary N) is 1. The van der Waals surface area contributed by atoms with E-state index < -0.39 is 0 Å². The molecule has 1 atom stereocenters. The Balaban J connectivity index is 2.24. The van der Waals surface area contributed by atoms with Crippen LogP contribution in [0.15, 0.2) is 0 Å². The van der Waals surface area contributed by atoms with Crippen LogP contribution in [0.4, 0.5) is 10.8 Å². The van der Waals surface area contributed by atoms with Crippen molar-refractivity contribution in [3.8, 4) is 0 Å². The van der Waals surface area contributed by atoms with E-state index in [-0.39, 0.29) is 5.91 Å². The highest BCUT2D eigenvalue weighted by Crippen LogP contribution is 2.32. The van der Waals surface area contributed by atoms with Gasteiger partial charge in [0.05, 0.1) is 0 Å². The van der Waals surface area contributed by atoms with Crippen LogP contribution in [-0.2, 0) is 0 Å². The largest absolute Gasteiger partial charge is 0.382 e. The first-order chi connectivity index (χ1) is 9.04. The van der Waals surface area contributed by atoms with Gasteiger partial charge in [-0.05, 0) is 38.5 Å². The zero-order valence-corrected chi connectivity index (χ0v) is 12.5. The minimum absolute atomic E-state index is 0.159. The highest BCUT2D eigenvalue weighted by Gasteiger charge is 2.27. The van der Waals surface area contributed by atoms with E-state index in [1.807, 2.05) is 0 Å². The number of nitrogen functional groups attached to an aromatic ring is 1. The zero-order chi connectivity index (χ0) is 14.0. The predicted molar refractivity (Wildman–Crippen MR) is 78.8 cm³/mol. The number of rotatable bonds is 3. The molecule has 0 saturated carbocycles.